The quantitative estimate of drug-likeness (QED) is 0.860. The molecule has 130 valence electrons. The molecule has 0 aromatic heterocycles. The molecule has 2 aromatic rings. The van der Waals surface area contributed by atoms with E-state index < -0.39 is 5.41 Å². The molecule has 1 aliphatic carbocycles. The Morgan fingerprint density at radius 2 is 1.00 bits per heavy atom. The van der Waals surface area contributed by atoms with E-state index in [-0.39, 0.29) is 23.7 Å². The summed E-state index contributed by atoms with van der Waals surface area (Å²) in [6.45, 7) is 0. The summed E-state index contributed by atoms with van der Waals surface area (Å²) in [6.07, 6.45) is 0. The molecule has 2 atom stereocenters. The molecule has 2 unspecified atom stereocenters. The normalized spacial score (nSPS) is 20.6. The highest BCUT2D eigenvalue weighted by molar-refractivity contribution is 5.98. The van der Waals surface area contributed by atoms with Crippen molar-refractivity contribution < 1.29 is 9.59 Å². The summed E-state index contributed by atoms with van der Waals surface area (Å²) in [6, 6.07) is 19.8. The monoisotopic (exact) mass is 336 g/mol. The van der Waals surface area contributed by atoms with Crippen LogP contribution in [0.15, 0.2) is 60.7 Å². The van der Waals surface area contributed by atoms with Crippen molar-refractivity contribution in [3.8, 4) is 0 Å². The van der Waals surface area contributed by atoms with Gasteiger partial charge < -0.3 is 9.80 Å². The molecular weight excluding hydrogens is 312 g/mol. The fourth-order valence-corrected chi connectivity index (χ4v) is 3.93. The number of amides is 2. The van der Waals surface area contributed by atoms with Gasteiger partial charge in [0.1, 0.15) is 0 Å². The van der Waals surface area contributed by atoms with Gasteiger partial charge in [0.2, 0.25) is 11.8 Å². The molecule has 1 aliphatic rings. The number of hydrogen-bond acceptors (Lipinski definition) is 2. The highest BCUT2D eigenvalue weighted by Crippen LogP contribution is 2.64. The van der Waals surface area contributed by atoms with Crippen LogP contribution < -0.4 is 0 Å². The van der Waals surface area contributed by atoms with Crippen molar-refractivity contribution in [1.29, 1.82) is 0 Å². The molecule has 0 bridgehead atoms. The van der Waals surface area contributed by atoms with Crippen LogP contribution in [0.5, 0.6) is 0 Å². The molecule has 0 aliphatic heterocycles. The molecule has 1 fully saturated rings. The van der Waals surface area contributed by atoms with Gasteiger partial charge in [-0.3, -0.25) is 9.59 Å². The molecule has 4 nitrogen and oxygen atoms in total. The first-order valence-electron chi connectivity index (χ1n) is 8.45. The summed E-state index contributed by atoms with van der Waals surface area (Å²) in [5, 5.41) is 0. The lowest BCUT2D eigenvalue weighted by atomic mass is 9.84. The fraction of sp³-hybridized carbons (Fsp3) is 0.333. The zero-order valence-electron chi connectivity index (χ0n) is 15.1. The van der Waals surface area contributed by atoms with Crippen molar-refractivity contribution in [2.24, 2.45) is 11.8 Å². The molecule has 0 spiro atoms. The van der Waals surface area contributed by atoms with Crippen molar-refractivity contribution in [3.05, 3.63) is 71.8 Å². The lowest BCUT2D eigenvalue weighted by Gasteiger charge is -2.21. The second-order valence-corrected chi connectivity index (χ2v) is 7.02. The van der Waals surface area contributed by atoms with E-state index in [1.54, 1.807) is 38.0 Å². The molecule has 0 N–H and O–H groups in total. The summed E-state index contributed by atoms with van der Waals surface area (Å²) in [7, 11) is 6.99. The van der Waals surface area contributed by atoms with Gasteiger partial charge >= 0.3 is 0 Å². The first-order valence-corrected chi connectivity index (χ1v) is 8.45. The molecule has 0 heterocycles. The first-order chi connectivity index (χ1) is 11.9. The van der Waals surface area contributed by atoms with Gasteiger partial charge in [0.15, 0.2) is 0 Å². The molecule has 2 amide bonds. The van der Waals surface area contributed by atoms with Crippen LogP contribution in [0.3, 0.4) is 0 Å². The van der Waals surface area contributed by atoms with Gasteiger partial charge in [-0.1, -0.05) is 60.7 Å². The van der Waals surface area contributed by atoms with Gasteiger partial charge in [0.25, 0.3) is 0 Å². The summed E-state index contributed by atoms with van der Waals surface area (Å²) in [5.74, 6) is -0.787. The Bertz CT molecular complexity index is 701. The van der Waals surface area contributed by atoms with Crippen LogP contribution in [-0.4, -0.2) is 49.8 Å². The predicted molar refractivity (Wildman–Crippen MR) is 98.0 cm³/mol. The Morgan fingerprint density at radius 1 is 0.680 bits per heavy atom. The van der Waals surface area contributed by atoms with Crippen molar-refractivity contribution in [2.75, 3.05) is 28.2 Å². The maximum Gasteiger partial charge on any atom is 0.227 e. The molecule has 25 heavy (non-hydrogen) atoms. The van der Waals surface area contributed by atoms with Gasteiger partial charge in [-0.05, 0) is 11.1 Å². The lowest BCUT2D eigenvalue weighted by molar-refractivity contribution is -0.135. The number of benzene rings is 2. The second-order valence-electron chi connectivity index (χ2n) is 7.02. The van der Waals surface area contributed by atoms with E-state index in [9.17, 15) is 9.59 Å². The summed E-state index contributed by atoms with van der Waals surface area (Å²) < 4.78 is 0. The Hall–Kier alpha value is -2.62. The second kappa shape index (κ2) is 6.36. The van der Waals surface area contributed by atoms with Gasteiger partial charge in [-0.2, -0.15) is 0 Å². The summed E-state index contributed by atoms with van der Waals surface area (Å²) in [5.41, 5.74) is 1.42. The number of hydrogen-bond donors (Lipinski definition) is 0. The summed E-state index contributed by atoms with van der Waals surface area (Å²) >= 11 is 0. The minimum atomic E-state index is -0.606. The third-order valence-electron chi connectivity index (χ3n) is 5.12. The summed E-state index contributed by atoms with van der Waals surface area (Å²) in [4.78, 5) is 29.1. The smallest absolute Gasteiger partial charge is 0.227 e. The predicted octanol–water partition coefficient (Wildman–Crippen LogP) is 2.40. The molecule has 2 aromatic carbocycles. The van der Waals surface area contributed by atoms with Crippen LogP contribution in [0, 0.1) is 11.8 Å². The molecule has 0 radical (unpaired) electrons. The number of carbonyl (C=O) groups excluding carboxylic acids is 2. The van der Waals surface area contributed by atoms with Crippen LogP contribution >= 0.6 is 0 Å². The van der Waals surface area contributed by atoms with E-state index in [1.165, 1.54) is 0 Å². The Morgan fingerprint density at radius 3 is 1.28 bits per heavy atom. The average Bonchev–Trinajstić information content (AvgIpc) is 3.32. The maximum absolute atomic E-state index is 13.0. The van der Waals surface area contributed by atoms with E-state index in [1.807, 2.05) is 60.7 Å². The van der Waals surface area contributed by atoms with Gasteiger partial charge in [-0.25, -0.2) is 0 Å². The van der Waals surface area contributed by atoms with Gasteiger partial charge in [0.05, 0.1) is 11.8 Å². The number of rotatable bonds is 4. The van der Waals surface area contributed by atoms with Crippen molar-refractivity contribution in [2.45, 2.75) is 5.41 Å². The Kier molecular flexibility index (Phi) is 4.38. The highest BCUT2D eigenvalue weighted by atomic mass is 16.2. The topological polar surface area (TPSA) is 40.6 Å². The van der Waals surface area contributed by atoms with Gasteiger partial charge in [0, 0.05) is 33.6 Å². The Balaban J connectivity index is 2.22. The van der Waals surface area contributed by atoms with E-state index in [2.05, 4.69) is 0 Å². The van der Waals surface area contributed by atoms with Crippen LogP contribution in [0.2, 0.25) is 0 Å². The molecular formula is C21H24N2O2. The minimum Gasteiger partial charge on any atom is -0.349 e. The van der Waals surface area contributed by atoms with Gasteiger partial charge in [-0.15, -0.1) is 0 Å². The van der Waals surface area contributed by atoms with E-state index >= 15 is 0 Å². The fourth-order valence-electron chi connectivity index (χ4n) is 3.93. The van der Waals surface area contributed by atoms with Crippen molar-refractivity contribution >= 4 is 11.8 Å². The highest BCUT2D eigenvalue weighted by Gasteiger charge is 2.73. The SMILES string of the molecule is CN(C)C(=O)C1C(C(=O)N(C)C)C1(c1ccccc1)c1ccccc1. The zero-order chi connectivity index (χ0) is 18.2. The average molecular weight is 336 g/mol. The van der Waals surface area contributed by atoms with Crippen molar-refractivity contribution in [3.63, 3.8) is 0 Å². The molecule has 0 saturated heterocycles. The number of nitrogens with zero attached hydrogens (tertiary/aromatic N) is 2. The largest absolute Gasteiger partial charge is 0.349 e. The third-order valence-corrected chi connectivity index (χ3v) is 5.12. The zero-order valence-corrected chi connectivity index (χ0v) is 15.1. The molecule has 3 rings (SSSR count). The van der Waals surface area contributed by atoms with E-state index in [0.717, 1.165) is 11.1 Å². The maximum atomic E-state index is 13.0. The minimum absolute atomic E-state index is 0.00657. The molecule has 4 heteroatoms. The standard InChI is InChI=1S/C21H24N2O2/c1-22(2)19(24)17-18(20(25)23(3)4)21(17,15-11-7-5-8-12-15)16-13-9-6-10-14-16/h5-14,17-18H,1-4H3. The Labute approximate surface area is 149 Å². The van der Waals surface area contributed by atoms with Crippen LogP contribution in [0.25, 0.3) is 0 Å². The van der Waals surface area contributed by atoms with Crippen molar-refractivity contribution in [1.82, 2.24) is 9.80 Å². The molecule has 1 saturated carbocycles. The third kappa shape index (κ3) is 2.62. The lowest BCUT2D eigenvalue weighted by Crippen LogP contribution is -2.28. The van der Waals surface area contributed by atoms with Crippen LogP contribution in [0.4, 0.5) is 0 Å². The first kappa shape index (κ1) is 17.2. The van der Waals surface area contributed by atoms with E-state index in [4.69, 9.17) is 0 Å². The van der Waals surface area contributed by atoms with Crippen LogP contribution in [0.1, 0.15) is 11.1 Å². The van der Waals surface area contributed by atoms with Crippen LogP contribution in [-0.2, 0) is 15.0 Å². The number of carbonyl (C=O) groups is 2. The van der Waals surface area contributed by atoms with E-state index in [0.29, 0.717) is 0 Å².